The van der Waals surface area contributed by atoms with Crippen molar-refractivity contribution in [1.29, 1.82) is 0 Å². The molecule has 2 N–H and O–H groups in total. The second kappa shape index (κ2) is 6.91. The number of carbonyl (C=O) groups is 2. The van der Waals surface area contributed by atoms with E-state index in [2.05, 4.69) is 4.99 Å². The van der Waals surface area contributed by atoms with Crippen LogP contribution >= 0.6 is 0 Å². The van der Waals surface area contributed by atoms with E-state index in [0.717, 1.165) is 44.9 Å². The van der Waals surface area contributed by atoms with Gasteiger partial charge in [-0.1, -0.05) is 19.3 Å². The summed E-state index contributed by atoms with van der Waals surface area (Å²) in [6.07, 6.45) is 7.27. The summed E-state index contributed by atoms with van der Waals surface area (Å²) in [4.78, 5) is 28.2. The van der Waals surface area contributed by atoms with Gasteiger partial charge < -0.3 is 15.4 Å². The molecule has 1 spiro atoms. The van der Waals surface area contributed by atoms with Crippen molar-refractivity contribution in [3.8, 4) is 0 Å². The zero-order valence-corrected chi connectivity index (χ0v) is 12.3. The molecule has 6 heteroatoms. The molecule has 0 aromatic rings. The molecule has 0 unspecified atom stereocenters. The summed E-state index contributed by atoms with van der Waals surface area (Å²) in [5, 5.41) is 0. The molecule has 1 fully saturated rings. The Hall–Kier alpha value is -1.59. The number of hydrogen-bond donors (Lipinski definition) is 1. The number of amides is 1. The molecule has 0 atom stereocenters. The third kappa shape index (κ3) is 5.02. The van der Waals surface area contributed by atoms with Crippen molar-refractivity contribution < 1.29 is 18.4 Å². The average Bonchev–Trinajstić information content (AvgIpc) is 3.21. The normalized spacial score (nSPS) is 27.5. The van der Waals surface area contributed by atoms with E-state index < -0.39 is 37.0 Å². The van der Waals surface area contributed by atoms with E-state index in [1.54, 1.807) is 0 Å². The number of hydrogen-bond acceptors (Lipinski definition) is 5. The average molecular weight is 298 g/mol. The van der Waals surface area contributed by atoms with Gasteiger partial charge in [-0.3, -0.25) is 9.59 Å². The SMILES string of the molecule is [2H]C([2H])([2H])N1CC(=O)OC2(CCCCCCCC(=O)N=C1N)CC2. The van der Waals surface area contributed by atoms with E-state index in [-0.39, 0.29) is 6.42 Å². The van der Waals surface area contributed by atoms with Gasteiger partial charge in [0.15, 0.2) is 5.96 Å². The number of carbonyl (C=O) groups excluding carboxylic acids is 2. The Kier molecular flexibility index (Phi) is 3.95. The fraction of sp³-hybridized carbons (Fsp3) is 0.800. The number of aliphatic imine (C=N–C) groups is 1. The maximum Gasteiger partial charge on any atom is 0.326 e. The minimum atomic E-state index is -2.67. The summed E-state index contributed by atoms with van der Waals surface area (Å²) in [5.74, 6) is -1.58. The lowest BCUT2D eigenvalue weighted by Crippen LogP contribution is -2.40. The molecule has 21 heavy (non-hydrogen) atoms. The molecule has 2 aliphatic rings. The fourth-order valence-corrected chi connectivity index (χ4v) is 2.52. The maximum absolute atomic E-state index is 12.2. The third-order valence-corrected chi connectivity index (χ3v) is 3.96. The van der Waals surface area contributed by atoms with Gasteiger partial charge in [0.1, 0.15) is 12.1 Å². The van der Waals surface area contributed by atoms with Crippen molar-refractivity contribution >= 4 is 17.8 Å². The molecule has 118 valence electrons. The molecule has 2 rings (SSSR count). The first-order valence-electron chi connectivity index (χ1n) is 9.08. The highest BCUT2D eigenvalue weighted by Gasteiger charge is 2.46. The lowest BCUT2D eigenvalue weighted by atomic mass is 10.1. The monoisotopic (exact) mass is 298 g/mol. The largest absolute Gasteiger partial charge is 0.458 e. The Balaban J connectivity index is 2.14. The van der Waals surface area contributed by atoms with Crippen LogP contribution in [0.25, 0.3) is 0 Å². The number of rotatable bonds is 0. The fourth-order valence-electron chi connectivity index (χ4n) is 2.52. The highest BCUT2D eigenvalue weighted by molar-refractivity contribution is 5.93. The number of guanidine groups is 1. The molecule has 0 aromatic carbocycles. The number of nitrogens with zero attached hydrogens (tertiary/aromatic N) is 2. The molecule has 0 saturated heterocycles. The van der Waals surface area contributed by atoms with E-state index in [4.69, 9.17) is 14.6 Å². The molecule has 1 heterocycles. The van der Waals surface area contributed by atoms with E-state index in [1.807, 2.05) is 0 Å². The van der Waals surface area contributed by atoms with Gasteiger partial charge in [-0.25, -0.2) is 0 Å². The van der Waals surface area contributed by atoms with Gasteiger partial charge in [0.05, 0.1) is 0 Å². The number of esters is 1. The molecular weight excluding hydrogens is 270 g/mol. The molecule has 0 bridgehead atoms. The van der Waals surface area contributed by atoms with Crippen LogP contribution in [0, 0.1) is 0 Å². The van der Waals surface area contributed by atoms with Crippen molar-refractivity contribution in [1.82, 2.24) is 4.90 Å². The van der Waals surface area contributed by atoms with Crippen LogP contribution in [0.15, 0.2) is 4.99 Å². The summed E-state index contributed by atoms with van der Waals surface area (Å²) in [6.45, 7) is -3.21. The number of likely N-dealkylation sites (N-methyl/N-ethyl adjacent to an activating group) is 1. The van der Waals surface area contributed by atoms with Crippen molar-refractivity contribution in [3.05, 3.63) is 0 Å². The van der Waals surface area contributed by atoms with Gasteiger partial charge in [0.2, 0.25) is 5.91 Å². The molecule has 1 amide bonds. The molecular formula is C15H25N3O3. The summed E-state index contributed by atoms with van der Waals surface area (Å²) < 4.78 is 28.0. The van der Waals surface area contributed by atoms with Crippen LogP contribution in [-0.4, -0.2) is 41.9 Å². The number of nitrogens with two attached hydrogens (primary N) is 1. The van der Waals surface area contributed by atoms with Crippen LogP contribution in [0.1, 0.15) is 61.9 Å². The standard InChI is InChI=1S/C15H25N3O3/c1-18-11-13(20)21-15(9-10-15)8-6-4-2-3-5-7-12(19)17-14(18)16/h2-11H2,1H3,(H2,16,17,19)/i1D3. The molecule has 1 aliphatic carbocycles. The van der Waals surface area contributed by atoms with Gasteiger partial charge in [-0.15, -0.1) is 0 Å². The Labute approximate surface area is 129 Å². The molecule has 6 nitrogen and oxygen atoms in total. The van der Waals surface area contributed by atoms with Gasteiger partial charge in [-0.05, 0) is 32.1 Å². The highest BCUT2D eigenvalue weighted by atomic mass is 16.6. The minimum Gasteiger partial charge on any atom is -0.458 e. The van der Waals surface area contributed by atoms with Crippen molar-refractivity contribution in [2.75, 3.05) is 13.5 Å². The predicted octanol–water partition coefficient (Wildman–Crippen LogP) is 1.58. The Morgan fingerprint density at radius 2 is 1.90 bits per heavy atom. The first-order chi connectivity index (χ1) is 11.2. The lowest BCUT2D eigenvalue weighted by Gasteiger charge is -2.20. The van der Waals surface area contributed by atoms with Crippen LogP contribution in [-0.2, 0) is 14.3 Å². The molecule has 1 saturated carbocycles. The van der Waals surface area contributed by atoms with Crippen molar-refractivity contribution in [2.45, 2.75) is 63.4 Å². The Morgan fingerprint density at radius 3 is 2.62 bits per heavy atom. The van der Waals surface area contributed by atoms with Crippen molar-refractivity contribution in [2.24, 2.45) is 10.7 Å². The van der Waals surface area contributed by atoms with E-state index in [0.29, 0.717) is 11.3 Å². The van der Waals surface area contributed by atoms with Crippen LogP contribution in [0.5, 0.6) is 0 Å². The Morgan fingerprint density at radius 1 is 1.19 bits per heavy atom. The van der Waals surface area contributed by atoms with Crippen LogP contribution in [0.3, 0.4) is 0 Å². The van der Waals surface area contributed by atoms with Gasteiger partial charge in [0, 0.05) is 17.5 Å². The third-order valence-electron chi connectivity index (χ3n) is 3.96. The lowest BCUT2D eigenvalue weighted by molar-refractivity contribution is -0.151. The van der Waals surface area contributed by atoms with Crippen molar-refractivity contribution in [3.63, 3.8) is 0 Å². The summed E-state index contributed by atoms with van der Waals surface area (Å²) in [5.41, 5.74) is 5.24. The van der Waals surface area contributed by atoms with Crippen LogP contribution in [0.4, 0.5) is 0 Å². The van der Waals surface area contributed by atoms with E-state index in [1.165, 1.54) is 0 Å². The molecule has 0 aromatic heterocycles. The topological polar surface area (TPSA) is 85.0 Å². The second-order valence-electron chi connectivity index (χ2n) is 5.87. The zero-order valence-electron chi connectivity index (χ0n) is 15.3. The van der Waals surface area contributed by atoms with Gasteiger partial charge in [0.25, 0.3) is 0 Å². The van der Waals surface area contributed by atoms with Gasteiger partial charge >= 0.3 is 5.97 Å². The van der Waals surface area contributed by atoms with Crippen LogP contribution < -0.4 is 5.73 Å². The number of ether oxygens (including phenoxy) is 1. The van der Waals surface area contributed by atoms with E-state index in [9.17, 15) is 9.59 Å². The zero-order chi connectivity index (χ0) is 17.8. The summed E-state index contributed by atoms with van der Waals surface area (Å²) >= 11 is 0. The predicted molar refractivity (Wildman–Crippen MR) is 79.6 cm³/mol. The minimum absolute atomic E-state index is 0.226. The molecule has 1 aliphatic heterocycles. The quantitative estimate of drug-likeness (QED) is 0.686. The maximum atomic E-state index is 12.2. The Bertz CT molecular complexity index is 516. The first kappa shape index (κ1) is 12.0. The smallest absolute Gasteiger partial charge is 0.326 e. The first-order valence-corrected chi connectivity index (χ1v) is 7.58. The van der Waals surface area contributed by atoms with Gasteiger partial charge in [-0.2, -0.15) is 4.99 Å². The van der Waals surface area contributed by atoms with E-state index >= 15 is 0 Å². The highest BCUT2D eigenvalue weighted by Crippen LogP contribution is 2.44. The second-order valence-corrected chi connectivity index (χ2v) is 5.87. The summed E-state index contributed by atoms with van der Waals surface area (Å²) in [7, 11) is 0. The molecule has 0 radical (unpaired) electrons. The summed E-state index contributed by atoms with van der Waals surface area (Å²) in [6, 6.07) is 0. The van der Waals surface area contributed by atoms with Crippen LogP contribution in [0.2, 0.25) is 0 Å².